The molecule has 1 unspecified atom stereocenters. The zero-order valence-corrected chi connectivity index (χ0v) is 12.1. The van der Waals surface area contributed by atoms with Gasteiger partial charge in [0.15, 0.2) is 0 Å². The molecule has 0 amide bonds. The third-order valence-electron chi connectivity index (χ3n) is 4.86. The number of hydrogen-bond donors (Lipinski definition) is 1. The predicted molar refractivity (Wildman–Crippen MR) is 79.7 cm³/mol. The van der Waals surface area contributed by atoms with Gasteiger partial charge in [-0.15, -0.1) is 4.59 Å². The number of quaternary nitrogens is 1. The van der Waals surface area contributed by atoms with Crippen molar-refractivity contribution in [1.82, 2.24) is 4.90 Å². The predicted octanol–water partition coefficient (Wildman–Crippen LogP) is 1.78. The van der Waals surface area contributed by atoms with Crippen LogP contribution in [0.25, 0.3) is 0 Å². The van der Waals surface area contributed by atoms with E-state index in [9.17, 15) is 0 Å². The normalized spacial score (nSPS) is 39.4. The molecule has 0 spiro atoms. The van der Waals surface area contributed by atoms with Crippen LogP contribution in [0, 0.1) is 11.8 Å². The minimum Gasteiger partial charge on any atom is -0.303 e. The maximum atomic E-state index is 6.29. The van der Waals surface area contributed by atoms with E-state index in [0.29, 0.717) is 11.1 Å². The third-order valence-corrected chi connectivity index (χ3v) is 5.24. The fraction of sp³-hybridized carbons (Fsp3) is 0.571. The Bertz CT molecular complexity index is 554. The molecular weight excluding hydrogens is 274 g/mol. The number of nitrogens with two attached hydrogens (primary N) is 1. The van der Waals surface area contributed by atoms with Gasteiger partial charge in [0, 0.05) is 12.5 Å². The molecule has 20 heavy (non-hydrogen) atoms. The Kier molecular flexibility index (Phi) is 2.86. The molecule has 2 fully saturated rings. The van der Waals surface area contributed by atoms with Crippen molar-refractivity contribution in [2.45, 2.75) is 19.3 Å². The third kappa shape index (κ3) is 1.81. The van der Waals surface area contributed by atoms with Crippen molar-refractivity contribution in [2.75, 3.05) is 19.6 Å². The van der Waals surface area contributed by atoms with Crippen LogP contribution in [0.1, 0.15) is 19.3 Å². The Labute approximate surface area is 123 Å². The Morgan fingerprint density at radius 1 is 1.40 bits per heavy atom. The molecule has 0 radical (unpaired) electrons. The lowest BCUT2D eigenvalue weighted by Gasteiger charge is -2.41. The van der Waals surface area contributed by atoms with Crippen LogP contribution >= 0.6 is 11.6 Å². The number of likely N-dealkylation sites (tertiary alicyclic amines) is 1. The Balaban J connectivity index is 1.47. The van der Waals surface area contributed by atoms with Gasteiger partial charge in [-0.2, -0.15) is 10.8 Å². The fourth-order valence-electron chi connectivity index (χ4n) is 3.42. The fourth-order valence-corrected chi connectivity index (χ4v) is 3.61. The summed E-state index contributed by atoms with van der Waals surface area (Å²) in [6.07, 6.45) is 8.90. The molecule has 2 N–H and O–H groups in total. The van der Waals surface area contributed by atoms with E-state index in [1.807, 2.05) is 0 Å². The van der Waals surface area contributed by atoms with E-state index in [1.165, 1.54) is 38.9 Å². The van der Waals surface area contributed by atoms with Gasteiger partial charge < -0.3 is 4.90 Å². The average Bonchev–Trinajstić information content (AvgIpc) is 2.66. The first-order valence-corrected chi connectivity index (χ1v) is 7.63. The van der Waals surface area contributed by atoms with E-state index in [-0.39, 0.29) is 4.59 Å². The van der Waals surface area contributed by atoms with E-state index in [4.69, 9.17) is 17.4 Å². The van der Waals surface area contributed by atoms with Gasteiger partial charge in [0.2, 0.25) is 12.0 Å². The van der Waals surface area contributed by atoms with Gasteiger partial charge in [0.05, 0.1) is 6.21 Å². The molecule has 0 bridgehead atoms. The zero-order chi connectivity index (χ0) is 13.7. The van der Waals surface area contributed by atoms with E-state index in [1.54, 1.807) is 18.8 Å². The van der Waals surface area contributed by atoms with Crippen LogP contribution < -0.4 is 5.84 Å². The number of allylic oxidation sites excluding steroid dienone is 2. The highest BCUT2D eigenvalue weighted by molar-refractivity contribution is 6.29. The first-order chi connectivity index (χ1) is 9.67. The lowest BCUT2D eigenvalue weighted by atomic mass is 9.72. The number of halogens is 1. The highest BCUT2D eigenvalue weighted by atomic mass is 35.5. The summed E-state index contributed by atoms with van der Waals surface area (Å²) in [6.45, 7) is 3.81. The monoisotopic (exact) mass is 292 g/mol. The lowest BCUT2D eigenvalue weighted by Crippen LogP contribution is -2.50. The van der Waals surface area contributed by atoms with Crippen LogP contribution in [0.15, 0.2) is 32.7 Å². The molecule has 3 heterocycles. The van der Waals surface area contributed by atoms with Crippen molar-refractivity contribution < 1.29 is 4.59 Å². The minimum absolute atomic E-state index is 0.00627. The summed E-state index contributed by atoms with van der Waals surface area (Å²) in [6, 6.07) is 0. The van der Waals surface area contributed by atoms with E-state index in [2.05, 4.69) is 14.9 Å². The van der Waals surface area contributed by atoms with Crippen molar-refractivity contribution in [2.24, 2.45) is 27.7 Å². The summed E-state index contributed by atoms with van der Waals surface area (Å²) in [5, 5.41) is 0.498. The largest absolute Gasteiger partial charge is 0.303 e. The molecule has 4 rings (SSSR count). The van der Waals surface area contributed by atoms with Gasteiger partial charge in [-0.3, -0.25) is 4.99 Å². The molecule has 4 aliphatic rings. The highest BCUT2D eigenvalue weighted by Crippen LogP contribution is 2.44. The zero-order valence-electron chi connectivity index (χ0n) is 11.4. The molecule has 1 aliphatic carbocycles. The maximum absolute atomic E-state index is 6.29. The highest BCUT2D eigenvalue weighted by Gasteiger charge is 2.45. The summed E-state index contributed by atoms with van der Waals surface area (Å²) in [4.78, 5) is 11.3. The number of hydrogen-bond acceptors (Lipinski definition) is 4. The lowest BCUT2D eigenvalue weighted by molar-refractivity contribution is -0.751. The van der Waals surface area contributed by atoms with Crippen LogP contribution in [0.3, 0.4) is 0 Å². The van der Waals surface area contributed by atoms with Gasteiger partial charge in [-0.25, -0.2) is 0 Å². The number of fused-ring (bicyclic) bond motifs is 1. The van der Waals surface area contributed by atoms with Gasteiger partial charge in [0.25, 0.3) is 5.16 Å². The number of rotatable bonds is 3. The molecule has 6 heteroatoms. The van der Waals surface area contributed by atoms with E-state index in [0.717, 1.165) is 17.3 Å². The first kappa shape index (κ1) is 12.7. The SMILES string of the molecule is N[N+]12C=NC(C3CC(CN4CCC4)C3)=C1C=NC=C2Cl. The van der Waals surface area contributed by atoms with E-state index < -0.39 is 0 Å². The van der Waals surface area contributed by atoms with Crippen LogP contribution in [0.2, 0.25) is 0 Å². The van der Waals surface area contributed by atoms with Gasteiger partial charge in [0.1, 0.15) is 11.9 Å². The van der Waals surface area contributed by atoms with Crippen LogP contribution in [-0.2, 0) is 0 Å². The molecule has 1 saturated carbocycles. The molecule has 0 aromatic heterocycles. The Morgan fingerprint density at radius 3 is 2.90 bits per heavy atom. The molecule has 1 saturated heterocycles. The summed E-state index contributed by atoms with van der Waals surface area (Å²) >= 11 is 6.18. The molecular formula is C14H19ClN5+. The summed E-state index contributed by atoms with van der Waals surface area (Å²) in [7, 11) is 0. The van der Waals surface area contributed by atoms with Gasteiger partial charge in [-0.05, 0) is 49.9 Å². The second kappa shape index (κ2) is 4.49. The van der Waals surface area contributed by atoms with Crippen molar-refractivity contribution >= 4 is 24.2 Å². The van der Waals surface area contributed by atoms with Crippen molar-refractivity contribution in [3.8, 4) is 0 Å². The number of nitrogens with zero attached hydrogens (tertiary/aromatic N) is 4. The standard InChI is InChI=1S/C14H19ClN5/c15-13-7-17-6-12-14(18-9-20(12,13)16)11-4-10(5-11)8-19-2-1-3-19/h6-7,9-11H,1-5,8,16H2/q+1. The molecule has 5 nitrogen and oxygen atoms in total. The Hall–Kier alpha value is -1.01. The second-order valence-electron chi connectivity index (χ2n) is 6.21. The van der Waals surface area contributed by atoms with Crippen LogP contribution in [0.4, 0.5) is 0 Å². The molecule has 3 aliphatic heterocycles. The first-order valence-electron chi connectivity index (χ1n) is 7.26. The van der Waals surface area contributed by atoms with Gasteiger partial charge in [-0.1, -0.05) is 0 Å². The van der Waals surface area contributed by atoms with Crippen molar-refractivity contribution in [3.05, 3.63) is 22.8 Å². The summed E-state index contributed by atoms with van der Waals surface area (Å²) < 4.78 is -0.00627. The smallest absolute Gasteiger partial charge is 0.250 e. The number of aliphatic imine (C=N–C) groups is 2. The molecule has 106 valence electrons. The topological polar surface area (TPSA) is 54.0 Å². The molecule has 0 aromatic rings. The van der Waals surface area contributed by atoms with Crippen LogP contribution in [0.5, 0.6) is 0 Å². The summed E-state index contributed by atoms with van der Waals surface area (Å²) in [5.41, 5.74) is 2.02. The quantitative estimate of drug-likeness (QED) is 0.490. The van der Waals surface area contributed by atoms with Crippen LogP contribution in [-0.4, -0.2) is 41.7 Å². The molecule has 0 aromatic carbocycles. The second-order valence-corrected chi connectivity index (χ2v) is 6.60. The Morgan fingerprint density at radius 2 is 2.20 bits per heavy atom. The molecule has 1 atom stereocenters. The average molecular weight is 293 g/mol. The summed E-state index contributed by atoms with van der Waals surface area (Å²) in [5.74, 6) is 7.63. The van der Waals surface area contributed by atoms with Crippen molar-refractivity contribution in [3.63, 3.8) is 0 Å². The van der Waals surface area contributed by atoms with Gasteiger partial charge >= 0.3 is 0 Å². The van der Waals surface area contributed by atoms with Crippen molar-refractivity contribution in [1.29, 1.82) is 0 Å². The van der Waals surface area contributed by atoms with E-state index >= 15 is 0 Å². The maximum Gasteiger partial charge on any atom is 0.250 e. The minimum atomic E-state index is -0.00627.